The van der Waals surface area contributed by atoms with Gasteiger partial charge in [0.05, 0.1) is 6.04 Å². The summed E-state index contributed by atoms with van der Waals surface area (Å²) in [6.07, 6.45) is 2.14. The molecule has 0 saturated carbocycles. The second-order valence-electron chi connectivity index (χ2n) is 4.57. The van der Waals surface area contributed by atoms with Crippen molar-refractivity contribution < 1.29 is 8.91 Å². The van der Waals surface area contributed by atoms with E-state index in [4.69, 9.17) is 4.52 Å². The number of benzene rings is 1. The minimum atomic E-state index is -0.222. The topological polar surface area (TPSA) is 51.0 Å². The molecular weight excluding hydrogens is 233 g/mol. The molecule has 4 nitrogen and oxygen atoms in total. The molecule has 0 unspecified atom stereocenters. The molecule has 18 heavy (non-hydrogen) atoms. The summed E-state index contributed by atoms with van der Waals surface area (Å²) in [5.41, 5.74) is 1.36. The SMILES string of the molecule is Cc1cc(-c2noc([C@H]3CCCN3)n2)ccc1F. The Kier molecular flexibility index (Phi) is 2.83. The lowest BCUT2D eigenvalue weighted by Gasteiger charge is -2.01. The van der Waals surface area contributed by atoms with E-state index in [1.807, 2.05) is 0 Å². The third-order valence-corrected chi connectivity index (χ3v) is 3.22. The van der Waals surface area contributed by atoms with Crippen LogP contribution in [0, 0.1) is 12.7 Å². The number of nitrogens with one attached hydrogen (secondary N) is 1. The summed E-state index contributed by atoms with van der Waals surface area (Å²) in [5, 5.41) is 7.26. The summed E-state index contributed by atoms with van der Waals surface area (Å²) in [6, 6.07) is 4.98. The van der Waals surface area contributed by atoms with E-state index in [2.05, 4.69) is 15.5 Å². The first-order valence-electron chi connectivity index (χ1n) is 6.07. The normalized spacial score (nSPS) is 19.3. The Morgan fingerprint density at radius 2 is 2.33 bits per heavy atom. The smallest absolute Gasteiger partial charge is 0.244 e. The first kappa shape index (κ1) is 11.3. The van der Waals surface area contributed by atoms with Gasteiger partial charge in [0.1, 0.15) is 5.82 Å². The van der Waals surface area contributed by atoms with Gasteiger partial charge in [0.25, 0.3) is 0 Å². The number of halogens is 1. The van der Waals surface area contributed by atoms with Crippen LogP contribution in [0.25, 0.3) is 11.4 Å². The molecule has 1 saturated heterocycles. The van der Waals surface area contributed by atoms with E-state index in [-0.39, 0.29) is 11.9 Å². The van der Waals surface area contributed by atoms with Crippen molar-refractivity contribution in [2.75, 3.05) is 6.54 Å². The Morgan fingerprint density at radius 1 is 1.44 bits per heavy atom. The van der Waals surface area contributed by atoms with E-state index in [9.17, 15) is 4.39 Å². The van der Waals surface area contributed by atoms with Crippen molar-refractivity contribution in [1.82, 2.24) is 15.5 Å². The van der Waals surface area contributed by atoms with Crippen LogP contribution in [0.3, 0.4) is 0 Å². The fourth-order valence-corrected chi connectivity index (χ4v) is 2.17. The average Bonchev–Trinajstić information content (AvgIpc) is 3.01. The second kappa shape index (κ2) is 4.49. The Bertz CT molecular complexity index is 561. The van der Waals surface area contributed by atoms with Crippen LogP contribution in [0.4, 0.5) is 4.39 Å². The number of rotatable bonds is 2. The fourth-order valence-electron chi connectivity index (χ4n) is 2.17. The van der Waals surface area contributed by atoms with Gasteiger partial charge in [-0.05, 0) is 50.1 Å². The number of nitrogens with zero attached hydrogens (tertiary/aromatic N) is 2. The van der Waals surface area contributed by atoms with Crippen LogP contribution in [0.5, 0.6) is 0 Å². The number of aromatic nitrogens is 2. The van der Waals surface area contributed by atoms with Gasteiger partial charge in [-0.1, -0.05) is 5.16 Å². The van der Waals surface area contributed by atoms with Crippen LogP contribution in [0.2, 0.25) is 0 Å². The zero-order valence-corrected chi connectivity index (χ0v) is 10.1. The van der Waals surface area contributed by atoms with Crippen molar-refractivity contribution in [1.29, 1.82) is 0 Å². The van der Waals surface area contributed by atoms with Crippen molar-refractivity contribution in [3.8, 4) is 11.4 Å². The van der Waals surface area contributed by atoms with Crippen LogP contribution >= 0.6 is 0 Å². The summed E-state index contributed by atoms with van der Waals surface area (Å²) in [4.78, 5) is 4.37. The van der Waals surface area contributed by atoms with E-state index in [0.29, 0.717) is 17.3 Å². The highest BCUT2D eigenvalue weighted by Gasteiger charge is 2.22. The molecule has 1 aromatic heterocycles. The standard InChI is InChI=1S/C13H14FN3O/c1-8-7-9(4-5-10(8)14)12-16-13(18-17-12)11-3-2-6-15-11/h4-5,7,11,15H,2-3,6H2,1H3/t11-/m1/s1. The molecule has 5 heteroatoms. The predicted molar refractivity (Wildman–Crippen MR) is 64.4 cm³/mol. The van der Waals surface area contributed by atoms with E-state index < -0.39 is 0 Å². The second-order valence-corrected chi connectivity index (χ2v) is 4.57. The number of hydrogen-bond donors (Lipinski definition) is 1. The highest BCUT2D eigenvalue weighted by atomic mass is 19.1. The van der Waals surface area contributed by atoms with Crippen molar-refractivity contribution in [3.63, 3.8) is 0 Å². The molecule has 0 aliphatic carbocycles. The van der Waals surface area contributed by atoms with Crippen molar-refractivity contribution >= 4 is 0 Å². The first-order valence-corrected chi connectivity index (χ1v) is 6.07. The third kappa shape index (κ3) is 2.01. The molecule has 1 aromatic carbocycles. The summed E-state index contributed by atoms with van der Waals surface area (Å²) >= 11 is 0. The molecule has 2 aromatic rings. The Hall–Kier alpha value is -1.75. The van der Waals surface area contributed by atoms with Crippen LogP contribution in [0.15, 0.2) is 22.7 Å². The minimum Gasteiger partial charge on any atom is -0.337 e. The highest BCUT2D eigenvalue weighted by Crippen LogP contribution is 2.25. The molecule has 0 radical (unpaired) electrons. The van der Waals surface area contributed by atoms with Crippen molar-refractivity contribution in [3.05, 3.63) is 35.5 Å². The molecule has 1 atom stereocenters. The summed E-state index contributed by atoms with van der Waals surface area (Å²) in [5.74, 6) is 0.909. The van der Waals surface area contributed by atoms with Gasteiger partial charge in [-0.3, -0.25) is 0 Å². The van der Waals surface area contributed by atoms with Gasteiger partial charge in [-0.15, -0.1) is 0 Å². The predicted octanol–water partition coefficient (Wildman–Crippen LogP) is 2.61. The van der Waals surface area contributed by atoms with Crippen LogP contribution in [0.1, 0.15) is 30.3 Å². The van der Waals surface area contributed by atoms with Crippen molar-refractivity contribution in [2.45, 2.75) is 25.8 Å². The van der Waals surface area contributed by atoms with Crippen LogP contribution < -0.4 is 5.32 Å². The van der Waals surface area contributed by atoms with E-state index in [1.165, 1.54) is 6.07 Å². The molecule has 2 heterocycles. The van der Waals surface area contributed by atoms with E-state index >= 15 is 0 Å². The van der Waals surface area contributed by atoms with Gasteiger partial charge in [-0.25, -0.2) is 4.39 Å². The van der Waals surface area contributed by atoms with Gasteiger partial charge < -0.3 is 9.84 Å². The Labute approximate surface area is 104 Å². The minimum absolute atomic E-state index is 0.160. The molecule has 1 aliphatic heterocycles. The van der Waals surface area contributed by atoms with Gasteiger partial charge >= 0.3 is 0 Å². The Morgan fingerprint density at radius 3 is 3.06 bits per heavy atom. The lowest BCUT2D eigenvalue weighted by Crippen LogP contribution is -2.12. The molecule has 1 fully saturated rings. The maximum atomic E-state index is 13.2. The van der Waals surface area contributed by atoms with E-state index in [0.717, 1.165) is 24.9 Å². The summed E-state index contributed by atoms with van der Waals surface area (Å²) in [6.45, 7) is 2.70. The number of aryl methyl sites for hydroxylation is 1. The number of hydrogen-bond acceptors (Lipinski definition) is 4. The lowest BCUT2D eigenvalue weighted by molar-refractivity contribution is 0.345. The first-order chi connectivity index (χ1) is 8.74. The molecule has 0 spiro atoms. The third-order valence-electron chi connectivity index (χ3n) is 3.22. The monoisotopic (exact) mass is 247 g/mol. The summed E-state index contributed by atoms with van der Waals surface area (Å²) < 4.78 is 18.4. The van der Waals surface area contributed by atoms with Crippen LogP contribution in [-0.4, -0.2) is 16.7 Å². The average molecular weight is 247 g/mol. The van der Waals surface area contributed by atoms with Gasteiger partial charge in [-0.2, -0.15) is 4.98 Å². The maximum Gasteiger partial charge on any atom is 0.244 e. The molecule has 0 bridgehead atoms. The highest BCUT2D eigenvalue weighted by molar-refractivity contribution is 5.55. The zero-order valence-electron chi connectivity index (χ0n) is 10.1. The molecule has 1 N–H and O–H groups in total. The van der Waals surface area contributed by atoms with Gasteiger partial charge in [0.2, 0.25) is 11.7 Å². The molecule has 3 rings (SSSR count). The maximum absolute atomic E-state index is 13.2. The largest absolute Gasteiger partial charge is 0.337 e. The molecule has 0 amide bonds. The lowest BCUT2D eigenvalue weighted by atomic mass is 10.1. The molecule has 1 aliphatic rings. The molecule has 94 valence electrons. The zero-order chi connectivity index (χ0) is 12.5. The van der Waals surface area contributed by atoms with Crippen molar-refractivity contribution in [2.24, 2.45) is 0 Å². The van der Waals surface area contributed by atoms with Crippen LogP contribution in [-0.2, 0) is 0 Å². The van der Waals surface area contributed by atoms with Gasteiger partial charge in [0.15, 0.2) is 0 Å². The van der Waals surface area contributed by atoms with Gasteiger partial charge in [0, 0.05) is 5.56 Å². The fraction of sp³-hybridized carbons (Fsp3) is 0.385. The Balaban J connectivity index is 1.89. The summed E-state index contributed by atoms with van der Waals surface area (Å²) in [7, 11) is 0. The van der Waals surface area contributed by atoms with E-state index in [1.54, 1.807) is 19.1 Å². The quantitative estimate of drug-likeness (QED) is 0.886. The molecular formula is C13H14FN3O.